The first-order chi connectivity index (χ1) is 8.73. The summed E-state index contributed by atoms with van der Waals surface area (Å²) in [4.78, 5) is 4.33. The zero-order valence-corrected chi connectivity index (χ0v) is 15.9. The highest BCUT2D eigenvalue weighted by Crippen LogP contribution is 2.27. The first kappa shape index (κ1) is 19.4. The smallest absolute Gasteiger partial charge is 0.191 e. The zero-order chi connectivity index (χ0) is 13.4. The molecular weight excluding hydrogens is 369 g/mol. The predicted molar refractivity (Wildman–Crippen MR) is 98.9 cm³/mol. The maximum Gasteiger partial charge on any atom is 0.191 e. The molecule has 1 fully saturated rings. The van der Waals surface area contributed by atoms with Crippen LogP contribution in [0.4, 0.5) is 0 Å². The van der Waals surface area contributed by atoms with Crippen molar-refractivity contribution in [3.63, 3.8) is 0 Å². The highest BCUT2D eigenvalue weighted by molar-refractivity contribution is 14.0. The molecule has 3 nitrogen and oxygen atoms in total. The van der Waals surface area contributed by atoms with Crippen LogP contribution in [-0.4, -0.2) is 37.1 Å². The van der Waals surface area contributed by atoms with Gasteiger partial charge in [-0.05, 0) is 31.4 Å². The summed E-state index contributed by atoms with van der Waals surface area (Å²) in [6, 6.07) is 0.607. The summed E-state index contributed by atoms with van der Waals surface area (Å²) < 4.78 is 0. The number of thioether (sulfide) groups is 1. The van der Waals surface area contributed by atoms with Crippen LogP contribution in [0.3, 0.4) is 0 Å². The summed E-state index contributed by atoms with van der Waals surface area (Å²) in [5.74, 6) is 1.74. The quantitative estimate of drug-likeness (QED) is 0.408. The number of aliphatic imine (C=N–C) groups is 1. The van der Waals surface area contributed by atoms with Crippen LogP contribution in [0.5, 0.6) is 0 Å². The van der Waals surface area contributed by atoms with Gasteiger partial charge in [0.15, 0.2) is 5.96 Å². The van der Waals surface area contributed by atoms with Crippen molar-refractivity contribution in [1.82, 2.24) is 10.6 Å². The molecule has 19 heavy (non-hydrogen) atoms. The standard InChI is InChI=1S/C14H29N3S.HI/c1-5-11(6-2)10-16-14(15-3)17-12-7-8-13(9-12)18-4;/h11-13H,5-10H2,1-4H3,(H2,15,16,17);1H. The molecule has 2 unspecified atom stereocenters. The molecule has 1 aliphatic rings. The highest BCUT2D eigenvalue weighted by Gasteiger charge is 2.24. The molecule has 0 heterocycles. The topological polar surface area (TPSA) is 36.4 Å². The summed E-state index contributed by atoms with van der Waals surface area (Å²) in [7, 11) is 1.86. The molecule has 0 aromatic rings. The molecule has 1 saturated carbocycles. The number of rotatable bonds is 6. The van der Waals surface area contributed by atoms with Gasteiger partial charge in [-0.1, -0.05) is 26.7 Å². The zero-order valence-electron chi connectivity index (χ0n) is 12.7. The molecule has 0 aromatic carbocycles. The van der Waals surface area contributed by atoms with Gasteiger partial charge in [0.25, 0.3) is 0 Å². The molecule has 1 aliphatic carbocycles. The average Bonchev–Trinajstić information content (AvgIpc) is 2.86. The van der Waals surface area contributed by atoms with Crippen LogP contribution in [0.2, 0.25) is 0 Å². The van der Waals surface area contributed by atoms with Gasteiger partial charge in [0.2, 0.25) is 0 Å². The van der Waals surface area contributed by atoms with Gasteiger partial charge in [-0.3, -0.25) is 4.99 Å². The number of hydrogen-bond donors (Lipinski definition) is 2. The Morgan fingerprint density at radius 3 is 2.47 bits per heavy atom. The van der Waals surface area contributed by atoms with E-state index in [1.54, 1.807) is 0 Å². The molecular formula is C14H30IN3S. The van der Waals surface area contributed by atoms with E-state index in [1.165, 1.54) is 32.1 Å². The first-order valence-electron chi connectivity index (χ1n) is 7.23. The Morgan fingerprint density at radius 1 is 1.32 bits per heavy atom. The van der Waals surface area contributed by atoms with Crippen LogP contribution in [0.25, 0.3) is 0 Å². The van der Waals surface area contributed by atoms with Crippen LogP contribution >= 0.6 is 35.7 Å². The Labute approximate surface area is 140 Å². The summed E-state index contributed by atoms with van der Waals surface area (Å²) >= 11 is 2.00. The molecule has 114 valence electrons. The lowest BCUT2D eigenvalue weighted by atomic mass is 10.0. The summed E-state index contributed by atoms with van der Waals surface area (Å²) in [6.07, 6.45) is 8.57. The van der Waals surface area contributed by atoms with Gasteiger partial charge < -0.3 is 10.6 Å². The largest absolute Gasteiger partial charge is 0.356 e. The van der Waals surface area contributed by atoms with Crippen molar-refractivity contribution in [2.45, 2.75) is 57.2 Å². The van der Waals surface area contributed by atoms with Gasteiger partial charge in [0.05, 0.1) is 0 Å². The molecule has 0 aliphatic heterocycles. The molecule has 0 amide bonds. The maximum absolute atomic E-state index is 4.33. The second kappa shape index (κ2) is 11.1. The molecule has 0 spiro atoms. The fourth-order valence-corrected chi connectivity index (χ4v) is 3.29. The normalized spacial score (nSPS) is 23.3. The number of halogens is 1. The lowest BCUT2D eigenvalue weighted by Gasteiger charge is -2.20. The highest BCUT2D eigenvalue weighted by atomic mass is 127. The van der Waals surface area contributed by atoms with E-state index >= 15 is 0 Å². The van der Waals surface area contributed by atoms with Crippen LogP contribution < -0.4 is 10.6 Å². The number of nitrogens with zero attached hydrogens (tertiary/aromatic N) is 1. The maximum atomic E-state index is 4.33. The number of nitrogens with one attached hydrogen (secondary N) is 2. The Kier molecular flexibility index (Phi) is 11.3. The van der Waals surface area contributed by atoms with Crippen molar-refractivity contribution in [2.24, 2.45) is 10.9 Å². The molecule has 1 rings (SSSR count). The lowest BCUT2D eigenvalue weighted by Crippen LogP contribution is -2.44. The second-order valence-electron chi connectivity index (χ2n) is 5.15. The van der Waals surface area contributed by atoms with Crippen molar-refractivity contribution in [1.29, 1.82) is 0 Å². The van der Waals surface area contributed by atoms with Gasteiger partial charge in [-0.2, -0.15) is 11.8 Å². The number of guanidine groups is 1. The Morgan fingerprint density at radius 2 is 2.00 bits per heavy atom. The predicted octanol–water partition coefficient (Wildman–Crippen LogP) is 3.49. The van der Waals surface area contributed by atoms with Crippen molar-refractivity contribution in [3.8, 4) is 0 Å². The van der Waals surface area contributed by atoms with Crippen molar-refractivity contribution in [2.75, 3.05) is 19.8 Å². The third kappa shape index (κ3) is 7.06. The van der Waals surface area contributed by atoms with E-state index in [1.807, 2.05) is 18.8 Å². The van der Waals surface area contributed by atoms with E-state index in [9.17, 15) is 0 Å². The monoisotopic (exact) mass is 399 g/mol. The Hall–Kier alpha value is 0.350. The van der Waals surface area contributed by atoms with E-state index in [4.69, 9.17) is 0 Å². The summed E-state index contributed by atoms with van der Waals surface area (Å²) in [6.45, 7) is 5.55. The minimum Gasteiger partial charge on any atom is -0.356 e. The number of hydrogen-bond acceptors (Lipinski definition) is 2. The van der Waals surface area contributed by atoms with Crippen molar-refractivity contribution >= 4 is 41.7 Å². The van der Waals surface area contributed by atoms with Gasteiger partial charge in [0.1, 0.15) is 0 Å². The van der Waals surface area contributed by atoms with Crippen LogP contribution in [0.1, 0.15) is 46.0 Å². The minimum absolute atomic E-state index is 0. The molecule has 0 aromatic heterocycles. The van der Waals surface area contributed by atoms with E-state index in [0.29, 0.717) is 6.04 Å². The van der Waals surface area contributed by atoms with Gasteiger partial charge >= 0.3 is 0 Å². The van der Waals surface area contributed by atoms with E-state index in [-0.39, 0.29) is 24.0 Å². The SMILES string of the molecule is CCC(CC)CNC(=NC)NC1CCC(SC)C1.I. The van der Waals surface area contributed by atoms with Gasteiger partial charge in [0, 0.05) is 24.9 Å². The molecule has 0 radical (unpaired) electrons. The molecule has 0 bridgehead atoms. The van der Waals surface area contributed by atoms with Crippen molar-refractivity contribution < 1.29 is 0 Å². The Bertz CT molecular complexity index is 257. The Balaban J connectivity index is 0.00000324. The van der Waals surface area contributed by atoms with E-state index in [2.05, 4.69) is 35.7 Å². The third-order valence-electron chi connectivity index (χ3n) is 4.00. The first-order valence-corrected chi connectivity index (χ1v) is 8.52. The van der Waals surface area contributed by atoms with Crippen LogP contribution in [0.15, 0.2) is 4.99 Å². The van der Waals surface area contributed by atoms with E-state index in [0.717, 1.165) is 23.7 Å². The van der Waals surface area contributed by atoms with Gasteiger partial charge in [-0.15, -0.1) is 24.0 Å². The third-order valence-corrected chi connectivity index (χ3v) is 5.09. The summed E-state index contributed by atoms with van der Waals surface area (Å²) in [5, 5.41) is 7.86. The minimum atomic E-state index is 0. The second-order valence-corrected chi connectivity index (χ2v) is 6.29. The fourth-order valence-electron chi connectivity index (χ4n) is 2.49. The molecule has 5 heteroatoms. The fraction of sp³-hybridized carbons (Fsp3) is 0.929. The van der Waals surface area contributed by atoms with Crippen LogP contribution in [0, 0.1) is 5.92 Å². The molecule has 0 saturated heterocycles. The molecule has 2 N–H and O–H groups in total. The van der Waals surface area contributed by atoms with Crippen LogP contribution in [-0.2, 0) is 0 Å². The van der Waals surface area contributed by atoms with Crippen molar-refractivity contribution in [3.05, 3.63) is 0 Å². The summed E-state index contributed by atoms with van der Waals surface area (Å²) in [5.41, 5.74) is 0. The average molecular weight is 399 g/mol. The van der Waals surface area contributed by atoms with Gasteiger partial charge in [-0.25, -0.2) is 0 Å². The lowest BCUT2D eigenvalue weighted by molar-refractivity contribution is 0.478. The van der Waals surface area contributed by atoms with E-state index < -0.39 is 0 Å². The molecule has 2 atom stereocenters.